The SMILES string of the molecule is CC(O)C(=O)[O-].CC(O)C(=O)[O-].[Cs+].[K+]. The van der Waals surface area contributed by atoms with E-state index in [0.29, 0.717) is 0 Å². The second-order valence-corrected chi connectivity index (χ2v) is 1.99. The van der Waals surface area contributed by atoms with E-state index in [0.717, 1.165) is 13.8 Å². The third kappa shape index (κ3) is 24.0. The van der Waals surface area contributed by atoms with Crippen LogP contribution in [-0.4, -0.2) is 34.4 Å². The maximum atomic E-state index is 9.34. The van der Waals surface area contributed by atoms with E-state index in [9.17, 15) is 19.8 Å². The van der Waals surface area contributed by atoms with Crippen LogP contribution in [0, 0.1) is 0 Å². The molecule has 0 aliphatic heterocycles. The summed E-state index contributed by atoms with van der Waals surface area (Å²) >= 11 is 0. The van der Waals surface area contributed by atoms with Crippen molar-refractivity contribution in [3.05, 3.63) is 0 Å². The van der Waals surface area contributed by atoms with Crippen LogP contribution < -0.4 is 130 Å². The molecule has 2 N–H and O–H groups in total. The summed E-state index contributed by atoms with van der Waals surface area (Å²) in [6, 6.07) is 0. The van der Waals surface area contributed by atoms with Gasteiger partial charge < -0.3 is 30.0 Å². The van der Waals surface area contributed by atoms with Crippen LogP contribution in [0.15, 0.2) is 0 Å². The van der Waals surface area contributed by atoms with Crippen LogP contribution in [0.5, 0.6) is 0 Å². The average molecular weight is 350 g/mol. The van der Waals surface area contributed by atoms with Crippen LogP contribution >= 0.6 is 0 Å². The van der Waals surface area contributed by atoms with Gasteiger partial charge in [-0.25, -0.2) is 0 Å². The van der Waals surface area contributed by atoms with Crippen molar-refractivity contribution in [2.45, 2.75) is 26.1 Å². The molecule has 72 valence electrons. The Balaban J connectivity index is -0.0000000625. The van der Waals surface area contributed by atoms with Crippen molar-refractivity contribution in [3.8, 4) is 0 Å². The predicted molar refractivity (Wildman–Crippen MR) is 33.4 cm³/mol. The van der Waals surface area contributed by atoms with Crippen molar-refractivity contribution in [3.63, 3.8) is 0 Å². The maximum absolute atomic E-state index is 9.34. The molecule has 0 spiro atoms. The minimum atomic E-state index is -1.44. The van der Waals surface area contributed by atoms with Gasteiger partial charge in [-0.2, -0.15) is 0 Å². The van der Waals surface area contributed by atoms with E-state index >= 15 is 0 Å². The third-order valence-electron chi connectivity index (χ3n) is 0.682. The molecule has 0 aliphatic rings. The van der Waals surface area contributed by atoms with Gasteiger partial charge >= 0.3 is 120 Å². The number of carbonyl (C=O) groups excluding carboxylic acids is 2. The molecule has 0 aromatic carbocycles. The average Bonchev–Trinajstić information content (AvgIpc) is 1.88. The van der Waals surface area contributed by atoms with Gasteiger partial charge in [0.15, 0.2) is 0 Å². The fourth-order valence-electron chi connectivity index (χ4n) is 0. The number of hydrogen-bond donors (Lipinski definition) is 2. The predicted octanol–water partition coefficient (Wildman–Crippen LogP) is -9.76. The Morgan fingerprint density at radius 3 is 1.07 bits per heavy atom. The first-order valence-corrected chi connectivity index (χ1v) is 3.06. The molecule has 0 aliphatic carbocycles. The molecule has 2 atom stereocenters. The maximum Gasteiger partial charge on any atom is 1.00 e. The van der Waals surface area contributed by atoms with Crippen molar-refractivity contribution in [1.82, 2.24) is 0 Å². The Labute approximate surface area is 183 Å². The fraction of sp³-hybridized carbons (Fsp3) is 0.667. The van der Waals surface area contributed by atoms with Crippen molar-refractivity contribution in [2.24, 2.45) is 0 Å². The van der Waals surface area contributed by atoms with E-state index in [1.165, 1.54) is 0 Å². The number of aliphatic hydroxyl groups is 2. The van der Waals surface area contributed by atoms with E-state index in [-0.39, 0.29) is 120 Å². The van der Waals surface area contributed by atoms with Gasteiger partial charge in [0.2, 0.25) is 0 Å². The Morgan fingerprint density at radius 1 is 1.00 bits per heavy atom. The van der Waals surface area contributed by atoms with Crippen molar-refractivity contribution in [1.29, 1.82) is 0 Å². The number of carbonyl (C=O) groups is 2. The first kappa shape index (κ1) is 25.4. The molecule has 8 heteroatoms. The Bertz CT molecular complexity index is 142. The van der Waals surface area contributed by atoms with Crippen LogP contribution in [0.4, 0.5) is 0 Å². The molecule has 0 amide bonds. The van der Waals surface area contributed by atoms with Gasteiger partial charge in [0.05, 0.1) is 24.1 Å². The second-order valence-electron chi connectivity index (χ2n) is 1.99. The molecule has 6 nitrogen and oxygen atoms in total. The van der Waals surface area contributed by atoms with E-state index in [1.807, 2.05) is 0 Å². The van der Waals surface area contributed by atoms with Gasteiger partial charge in [-0.15, -0.1) is 0 Å². The molecule has 0 fully saturated rings. The summed E-state index contributed by atoms with van der Waals surface area (Å²) in [5.74, 6) is -2.87. The van der Waals surface area contributed by atoms with Gasteiger partial charge in [0, 0.05) is 0 Å². The standard InChI is InChI=1S/2C3H6O3.Cs.K/c2*1-2(4)3(5)6;;/h2*2,4H,1H3,(H,5,6);;/q;;2*+1/p-2. The largest absolute Gasteiger partial charge is 1.00 e. The molecular formula is C6H10CsKO6. The van der Waals surface area contributed by atoms with Crippen LogP contribution in [0.25, 0.3) is 0 Å². The molecular weight excluding hydrogens is 340 g/mol. The molecule has 0 rings (SSSR count). The number of aliphatic hydroxyl groups excluding tert-OH is 2. The van der Waals surface area contributed by atoms with Crippen LogP contribution in [0.1, 0.15) is 13.8 Å². The summed E-state index contributed by atoms with van der Waals surface area (Å²) in [6.07, 6.45) is -2.69. The zero-order valence-corrected chi connectivity index (χ0v) is 18.1. The number of rotatable bonds is 2. The summed E-state index contributed by atoms with van der Waals surface area (Å²) in [6.45, 7) is 2.27. The molecule has 0 saturated carbocycles. The van der Waals surface area contributed by atoms with Crippen LogP contribution in [0.2, 0.25) is 0 Å². The Morgan fingerprint density at radius 2 is 1.07 bits per heavy atom. The van der Waals surface area contributed by atoms with Gasteiger partial charge in [-0.1, -0.05) is 0 Å². The van der Waals surface area contributed by atoms with Crippen molar-refractivity contribution < 1.29 is 150 Å². The van der Waals surface area contributed by atoms with Crippen LogP contribution in [0.3, 0.4) is 0 Å². The van der Waals surface area contributed by atoms with Gasteiger partial charge in [-0.05, 0) is 13.8 Å². The van der Waals surface area contributed by atoms with E-state index in [4.69, 9.17) is 10.2 Å². The molecule has 0 bridgehead atoms. The minimum absolute atomic E-state index is 0. The first-order valence-electron chi connectivity index (χ1n) is 3.06. The molecule has 0 radical (unpaired) electrons. The number of carboxylic acids is 2. The molecule has 0 aromatic heterocycles. The topological polar surface area (TPSA) is 121 Å². The summed E-state index contributed by atoms with van der Waals surface area (Å²) in [5, 5.41) is 34.6. The van der Waals surface area contributed by atoms with Crippen LogP contribution in [-0.2, 0) is 9.59 Å². The summed E-state index contributed by atoms with van der Waals surface area (Å²) in [5.41, 5.74) is 0. The third-order valence-corrected chi connectivity index (χ3v) is 0.682. The molecule has 14 heavy (non-hydrogen) atoms. The normalized spacial score (nSPS) is 11.7. The van der Waals surface area contributed by atoms with E-state index in [2.05, 4.69) is 0 Å². The van der Waals surface area contributed by atoms with Gasteiger partial charge in [-0.3, -0.25) is 0 Å². The summed E-state index contributed by atoms with van der Waals surface area (Å²) < 4.78 is 0. The number of aliphatic carboxylic acids is 2. The number of carboxylic acid groups (broad SMARTS) is 2. The van der Waals surface area contributed by atoms with Gasteiger partial charge in [0.1, 0.15) is 0 Å². The van der Waals surface area contributed by atoms with E-state index < -0.39 is 24.1 Å². The monoisotopic (exact) mass is 350 g/mol. The summed E-state index contributed by atoms with van der Waals surface area (Å²) in [7, 11) is 0. The van der Waals surface area contributed by atoms with E-state index in [1.54, 1.807) is 0 Å². The van der Waals surface area contributed by atoms with Crippen molar-refractivity contribution in [2.75, 3.05) is 0 Å². The molecule has 0 aromatic rings. The molecule has 0 saturated heterocycles. The summed E-state index contributed by atoms with van der Waals surface area (Å²) in [4.78, 5) is 18.7. The zero-order chi connectivity index (χ0) is 10.3. The molecule has 2 unspecified atom stereocenters. The Kier molecular flexibility index (Phi) is 28.2. The zero-order valence-electron chi connectivity index (χ0n) is 8.68. The minimum Gasteiger partial charge on any atom is -0.547 e. The van der Waals surface area contributed by atoms with Crippen molar-refractivity contribution >= 4 is 11.9 Å². The second kappa shape index (κ2) is 15.5. The number of hydrogen-bond acceptors (Lipinski definition) is 6. The van der Waals surface area contributed by atoms with Gasteiger partial charge in [0.25, 0.3) is 0 Å². The first-order chi connectivity index (χ1) is 5.29. The Hall–Kier alpha value is 2.55. The fourth-order valence-corrected chi connectivity index (χ4v) is 0. The smallest absolute Gasteiger partial charge is 0.547 e. The molecule has 0 heterocycles. The quantitative estimate of drug-likeness (QED) is 0.477.